The van der Waals surface area contributed by atoms with Crippen molar-refractivity contribution in [1.29, 1.82) is 0 Å². The zero-order valence-corrected chi connectivity index (χ0v) is 16.6. The van der Waals surface area contributed by atoms with E-state index >= 15 is 0 Å². The van der Waals surface area contributed by atoms with Gasteiger partial charge in [0.2, 0.25) is 5.91 Å². The molecule has 0 saturated carbocycles. The van der Waals surface area contributed by atoms with Gasteiger partial charge < -0.3 is 14.8 Å². The summed E-state index contributed by atoms with van der Waals surface area (Å²) in [4.78, 5) is 14.5. The molecule has 0 saturated heterocycles. The molecule has 3 rings (SSSR count). The van der Waals surface area contributed by atoms with Gasteiger partial charge in [-0.3, -0.25) is 9.69 Å². The van der Waals surface area contributed by atoms with Gasteiger partial charge in [-0.25, -0.2) is 0 Å². The summed E-state index contributed by atoms with van der Waals surface area (Å²) in [5, 5.41) is 2.92. The van der Waals surface area contributed by atoms with E-state index in [0.29, 0.717) is 19.8 Å². The Morgan fingerprint density at radius 3 is 2.39 bits per heavy atom. The van der Waals surface area contributed by atoms with E-state index in [1.54, 1.807) is 12.2 Å². The monoisotopic (exact) mass is 380 g/mol. The third-order valence-electron chi connectivity index (χ3n) is 4.78. The summed E-state index contributed by atoms with van der Waals surface area (Å²) in [6.45, 7) is 9.02. The van der Waals surface area contributed by atoms with Gasteiger partial charge in [0.1, 0.15) is 13.2 Å². The summed E-state index contributed by atoms with van der Waals surface area (Å²) in [6, 6.07) is 14.1. The lowest BCUT2D eigenvalue weighted by Gasteiger charge is -2.18. The SMILES string of the molecule is CCN(CC)Cc1ccc(CNC(=O)/C=C/c2ccc3c(c2)OCCO3)cc1. The summed E-state index contributed by atoms with van der Waals surface area (Å²) < 4.78 is 11.1. The molecule has 0 unspecified atom stereocenters. The molecule has 1 heterocycles. The van der Waals surface area contributed by atoms with Crippen LogP contribution in [0.3, 0.4) is 0 Å². The molecule has 0 bridgehead atoms. The van der Waals surface area contributed by atoms with Gasteiger partial charge in [0.05, 0.1) is 0 Å². The van der Waals surface area contributed by atoms with Gasteiger partial charge in [-0.15, -0.1) is 0 Å². The molecule has 1 amide bonds. The Bertz CT molecular complexity index is 811. The van der Waals surface area contributed by atoms with Crippen LogP contribution < -0.4 is 14.8 Å². The average molecular weight is 380 g/mol. The first-order valence-corrected chi connectivity index (χ1v) is 9.83. The van der Waals surface area contributed by atoms with E-state index in [-0.39, 0.29) is 5.91 Å². The van der Waals surface area contributed by atoms with Gasteiger partial charge in [0.25, 0.3) is 0 Å². The van der Waals surface area contributed by atoms with Gasteiger partial charge >= 0.3 is 0 Å². The number of rotatable bonds is 8. The maximum atomic E-state index is 12.1. The third kappa shape index (κ3) is 5.60. The summed E-state index contributed by atoms with van der Waals surface area (Å²) >= 11 is 0. The fourth-order valence-corrected chi connectivity index (χ4v) is 3.05. The highest BCUT2D eigenvalue weighted by Gasteiger charge is 2.10. The minimum absolute atomic E-state index is 0.123. The Morgan fingerprint density at radius 2 is 1.68 bits per heavy atom. The second-order valence-corrected chi connectivity index (χ2v) is 6.73. The highest BCUT2D eigenvalue weighted by molar-refractivity contribution is 5.91. The predicted molar refractivity (Wildman–Crippen MR) is 111 cm³/mol. The molecular weight excluding hydrogens is 352 g/mol. The van der Waals surface area contributed by atoms with E-state index in [1.165, 1.54) is 5.56 Å². The molecular formula is C23H28N2O3. The molecule has 2 aromatic carbocycles. The highest BCUT2D eigenvalue weighted by Crippen LogP contribution is 2.31. The zero-order valence-electron chi connectivity index (χ0n) is 16.6. The Morgan fingerprint density at radius 1 is 1.00 bits per heavy atom. The molecule has 2 aromatic rings. The molecule has 0 atom stereocenters. The van der Waals surface area contributed by atoms with Crippen LogP contribution in [0.5, 0.6) is 11.5 Å². The van der Waals surface area contributed by atoms with Gasteiger partial charge in [-0.1, -0.05) is 44.2 Å². The molecule has 0 aliphatic carbocycles. The zero-order chi connectivity index (χ0) is 19.8. The van der Waals surface area contributed by atoms with Crippen molar-refractivity contribution in [3.05, 3.63) is 65.2 Å². The number of carbonyl (C=O) groups is 1. The maximum Gasteiger partial charge on any atom is 0.244 e. The van der Waals surface area contributed by atoms with Crippen molar-refractivity contribution in [1.82, 2.24) is 10.2 Å². The Hall–Kier alpha value is -2.79. The lowest BCUT2D eigenvalue weighted by Crippen LogP contribution is -2.22. The summed E-state index contributed by atoms with van der Waals surface area (Å²) in [5.41, 5.74) is 3.28. The minimum atomic E-state index is -0.123. The maximum absolute atomic E-state index is 12.1. The normalized spacial score (nSPS) is 13.1. The lowest BCUT2D eigenvalue weighted by molar-refractivity contribution is -0.116. The van der Waals surface area contributed by atoms with Crippen LogP contribution in [-0.2, 0) is 17.9 Å². The Labute approximate surface area is 167 Å². The van der Waals surface area contributed by atoms with Crippen LogP contribution in [0, 0.1) is 0 Å². The van der Waals surface area contributed by atoms with E-state index in [9.17, 15) is 4.79 Å². The molecule has 148 valence electrons. The standard InChI is InChI=1S/C23H28N2O3/c1-3-25(4-2)17-20-7-5-19(6-8-20)16-24-23(26)12-10-18-9-11-21-22(15-18)28-14-13-27-21/h5-12,15H,3-4,13-14,16-17H2,1-2H3,(H,24,26)/b12-10+. The molecule has 0 fully saturated rings. The van der Waals surface area contributed by atoms with E-state index in [2.05, 4.69) is 48.3 Å². The topological polar surface area (TPSA) is 50.8 Å². The quantitative estimate of drug-likeness (QED) is 0.711. The van der Waals surface area contributed by atoms with Crippen molar-refractivity contribution in [2.24, 2.45) is 0 Å². The molecule has 0 spiro atoms. The molecule has 5 heteroatoms. The average Bonchev–Trinajstić information content (AvgIpc) is 2.75. The molecule has 1 aliphatic heterocycles. The predicted octanol–water partition coefficient (Wildman–Crippen LogP) is 3.63. The first-order valence-electron chi connectivity index (χ1n) is 9.83. The van der Waals surface area contributed by atoms with Gasteiger partial charge in [0.15, 0.2) is 11.5 Å². The number of carbonyl (C=O) groups excluding carboxylic acids is 1. The van der Waals surface area contributed by atoms with Crippen LogP contribution in [0.4, 0.5) is 0 Å². The minimum Gasteiger partial charge on any atom is -0.486 e. The van der Waals surface area contributed by atoms with E-state index in [4.69, 9.17) is 9.47 Å². The van der Waals surface area contributed by atoms with Crippen molar-refractivity contribution < 1.29 is 14.3 Å². The number of ether oxygens (including phenoxy) is 2. The van der Waals surface area contributed by atoms with E-state index < -0.39 is 0 Å². The van der Waals surface area contributed by atoms with Crippen LogP contribution in [0.2, 0.25) is 0 Å². The molecule has 1 aliphatic rings. The van der Waals surface area contributed by atoms with Crippen molar-refractivity contribution in [2.45, 2.75) is 26.9 Å². The van der Waals surface area contributed by atoms with Crippen LogP contribution in [0.1, 0.15) is 30.5 Å². The van der Waals surface area contributed by atoms with Crippen LogP contribution >= 0.6 is 0 Å². The number of nitrogens with zero attached hydrogens (tertiary/aromatic N) is 1. The highest BCUT2D eigenvalue weighted by atomic mass is 16.6. The van der Waals surface area contributed by atoms with Gasteiger partial charge in [0, 0.05) is 19.2 Å². The first kappa shape index (κ1) is 20.0. The molecule has 1 N–H and O–H groups in total. The van der Waals surface area contributed by atoms with Crippen molar-refractivity contribution in [3.8, 4) is 11.5 Å². The molecule has 0 radical (unpaired) electrons. The van der Waals surface area contributed by atoms with E-state index in [0.717, 1.165) is 42.3 Å². The largest absolute Gasteiger partial charge is 0.486 e. The number of nitrogens with one attached hydrogen (secondary N) is 1. The third-order valence-corrected chi connectivity index (χ3v) is 4.78. The van der Waals surface area contributed by atoms with Crippen molar-refractivity contribution in [3.63, 3.8) is 0 Å². The smallest absolute Gasteiger partial charge is 0.244 e. The number of benzene rings is 2. The second-order valence-electron chi connectivity index (χ2n) is 6.73. The van der Waals surface area contributed by atoms with Crippen molar-refractivity contribution in [2.75, 3.05) is 26.3 Å². The second kappa shape index (κ2) is 9.95. The number of hydrogen-bond acceptors (Lipinski definition) is 4. The molecule has 28 heavy (non-hydrogen) atoms. The summed E-state index contributed by atoms with van der Waals surface area (Å²) in [6.07, 6.45) is 3.32. The van der Waals surface area contributed by atoms with Gasteiger partial charge in [-0.05, 0) is 48.0 Å². The van der Waals surface area contributed by atoms with Crippen molar-refractivity contribution >= 4 is 12.0 Å². The number of fused-ring (bicyclic) bond motifs is 1. The molecule has 0 aromatic heterocycles. The number of hydrogen-bond donors (Lipinski definition) is 1. The summed E-state index contributed by atoms with van der Waals surface area (Å²) in [7, 11) is 0. The lowest BCUT2D eigenvalue weighted by atomic mass is 10.1. The van der Waals surface area contributed by atoms with Crippen LogP contribution in [-0.4, -0.2) is 37.1 Å². The van der Waals surface area contributed by atoms with Crippen LogP contribution in [0.15, 0.2) is 48.5 Å². The first-order chi connectivity index (χ1) is 13.7. The molecule has 5 nitrogen and oxygen atoms in total. The fraction of sp³-hybridized carbons (Fsp3) is 0.348. The fourth-order valence-electron chi connectivity index (χ4n) is 3.05. The number of amides is 1. The Balaban J connectivity index is 1.49. The van der Waals surface area contributed by atoms with E-state index in [1.807, 2.05) is 18.2 Å². The van der Waals surface area contributed by atoms with Gasteiger partial charge in [-0.2, -0.15) is 0 Å². The Kier molecular flexibility index (Phi) is 7.09. The summed E-state index contributed by atoms with van der Waals surface area (Å²) in [5.74, 6) is 1.35. The van der Waals surface area contributed by atoms with Crippen LogP contribution in [0.25, 0.3) is 6.08 Å².